The summed E-state index contributed by atoms with van der Waals surface area (Å²) in [5.41, 5.74) is 0. The van der Waals surface area contributed by atoms with Crippen LogP contribution in [0.1, 0.15) is 41.5 Å². The Bertz CT molecular complexity index is 3760. The predicted molar refractivity (Wildman–Crippen MR) is 419 cm³/mol. The van der Waals surface area contributed by atoms with Gasteiger partial charge in [0.05, 0.1) is 72.2 Å². The molecule has 11 aliphatic rings. The Morgan fingerprint density at radius 1 is 0.206 bits per heavy atom. The van der Waals surface area contributed by atoms with Crippen LogP contribution in [-0.2, 0) is 123 Å². The zero-order valence-corrected chi connectivity index (χ0v) is 73.4. The predicted octanol–water partition coefficient (Wildman–Crippen LogP) is -23.2. The van der Waals surface area contributed by atoms with E-state index in [0.717, 1.165) is 34.6 Å². The number of hydrogen-bond acceptors (Lipinski definition) is 55. The van der Waals surface area contributed by atoms with Crippen LogP contribution < -0.4 is 26.6 Å². The van der Waals surface area contributed by atoms with E-state index < -0.39 is 433 Å². The van der Waals surface area contributed by atoms with E-state index in [9.17, 15) is 172 Å². The van der Waals surface area contributed by atoms with Gasteiger partial charge >= 0.3 is 0 Å². The Morgan fingerprint density at radius 3 is 0.882 bits per heavy atom. The van der Waals surface area contributed by atoms with Gasteiger partial charge in [-0.05, 0) is 6.92 Å². The number of amides is 5. The first-order chi connectivity index (χ1) is 64.3. The van der Waals surface area contributed by atoms with E-state index in [2.05, 4.69) is 26.6 Å². The molecule has 11 aliphatic heterocycles. The lowest BCUT2D eigenvalue weighted by molar-refractivity contribution is -0.403. The van der Waals surface area contributed by atoms with Gasteiger partial charge in [-0.1, -0.05) is 0 Å². The molecule has 60 nitrogen and oxygen atoms in total. The van der Waals surface area contributed by atoms with Crippen LogP contribution in [-0.4, -0.2) is 581 Å². The normalized spacial score (nSPS) is 49.2. The summed E-state index contributed by atoms with van der Waals surface area (Å²) < 4.78 is 126. The van der Waals surface area contributed by atoms with Crippen LogP contribution in [0.3, 0.4) is 0 Å². The molecule has 0 aromatic rings. The van der Waals surface area contributed by atoms with Gasteiger partial charge in [0.25, 0.3) is 0 Å². The average Bonchev–Trinajstić information content (AvgIpc) is 0.773. The van der Waals surface area contributed by atoms with E-state index in [-0.39, 0.29) is 0 Å². The van der Waals surface area contributed by atoms with Crippen LogP contribution in [0.15, 0.2) is 0 Å². The van der Waals surface area contributed by atoms with Gasteiger partial charge in [-0.15, -0.1) is 0 Å². The number of ether oxygens (including phenoxy) is 21. The van der Waals surface area contributed by atoms with Crippen molar-refractivity contribution in [3.63, 3.8) is 0 Å². The van der Waals surface area contributed by atoms with Gasteiger partial charge in [0.2, 0.25) is 29.5 Å². The molecular formula is C76H127N5O55. The molecule has 5 amide bonds. The summed E-state index contributed by atoms with van der Waals surface area (Å²) in [4.78, 5) is 64.7. The summed E-state index contributed by atoms with van der Waals surface area (Å²) in [6.07, 6.45) is -106. The Balaban J connectivity index is 0.944. The Morgan fingerprint density at radius 2 is 0.463 bits per heavy atom. The minimum atomic E-state index is -2.71. The highest BCUT2D eigenvalue weighted by Gasteiger charge is 2.63. The van der Waals surface area contributed by atoms with Crippen molar-refractivity contribution < 1.29 is 272 Å². The molecule has 0 spiro atoms. The van der Waals surface area contributed by atoms with Gasteiger partial charge in [0, 0.05) is 34.6 Å². The number of carbonyl (C=O) groups is 5. The van der Waals surface area contributed by atoms with Gasteiger partial charge in [0.15, 0.2) is 69.2 Å². The fourth-order valence-electron chi connectivity index (χ4n) is 17.7. The Kier molecular flexibility index (Phi) is 40.1. The summed E-state index contributed by atoms with van der Waals surface area (Å²) in [7, 11) is 0. The SMILES string of the molecule is CC(=O)N[C@@H]1[C@@H](O)[C@H](O[C@@H]2O[C@H](CO)[C@@H](O[C@@H]3O[C@H](CO[C@H]4O[C@H](CO)[C@@H](O)[C@H](O)[C@@H]4O[C@@H]4O[C@H](CO)[C@@H](O[C@@H]5O[C@H](CO)[C@H](O)[C@H](O[C@H]6O[C@H](CO)[C@H](O)[C@H](O)[C@H]6O)[C@H]5O)[C@H](O)[C@H]4NC(C)=O)[C@@H](O)[C@H](O[C@H]4O[C@H](CO)[C@@H](O[C@@H]5O[C@H](CO)[C@@H](O)[C@H](O)[C@H]5NC(C)=O)[C@H](O)[C@@H]4O[C@@H]4O[C@H](CO)[C@@H](O)[C@H](O)[C@H]4NC(C)=O)[C@@H]3O)[C@H](O)[C@H]2NC(C)=O)[C@@H](CO[C@@H]2O[C@@H](C)[C@@H](O)[C@@H](O)[C@@H]2O)O[C@H]1O. The number of carbonyl (C=O) groups excluding carboxylic acids is 5. The molecule has 60 heteroatoms. The summed E-state index contributed by atoms with van der Waals surface area (Å²) >= 11 is 0. The molecule has 0 aromatic heterocycles. The van der Waals surface area contributed by atoms with Crippen LogP contribution in [0, 0.1) is 0 Å². The summed E-state index contributed by atoms with van der Waals surface area (Å²) in [6.45, 7) is -5.54. The topological polar surface area (TPSA) is 926 Å². The number of rotatable bonds is 35. The molecule has 11 saturated heterocycles. The first kappa shape index (κ1) is 112. The zero-order chi connectivity index (χ0) is 100. The van der Waals surface area contributed by atoms with Crippen molar-refractivity contribution in [1.29, 1.82) is 0 Å². The van der Waals surface area contributed by atoms with Gasteiger partial charge in [0.1, 0.15) is 262 Å². The molecule has 0 radical (unpaired) electrons. The number of hydrogen-bond donors (Lipinski definition) is 34. The molecular weight excluding hydrogens is 1860 g/mol. The van der Waals surface area contributed by atoms with E-state index in [0.29, 0.717) is 0 Å². The van der Waals surface area contributed by atoms with Crippen molar-refractivity contribution >= 4 is 29.5 Å². The second-order valence-corrected chi connectivity index (χ2v) is 34.5. The summed E-state index contributed by atoms with van der Waals surface area (Å²) in [5.74, 6) is -4.77. The quantitative estimate of drug-likeness (QED) is 0.0280. The Hall–Kier alpha value is -4.65. The highest BCUT2D eigenvalue weighted by Crippen LogP contribution is 2.42. The first-order valence-corrected chi connectivity index (χ1v) is 43.5. The third kappa shape index (κ3) is 24.8. The highest BCUT2D eigenvalue weighted by atomic mass is 16.8. The van der Waals surface area contributed by atoms with Crippen LogP contribution >= 0.6 is 0 Å². The lowest BCUT2D eigenvalue weighted by Crippen LogP contribution is -2.71. The van der Waals surface area contributed by atoms with Gasteiger partial charge in [-0.2, -0.15) is 0 Å². The van der Waals surface area contributed by atoms with E-state index >= 15 is 0 Å². The molecule has 11 rings (SSSR count). The van der Waals surface area contributed by atoms with E-state index in [4.69, 9.17) is 99.5 Å². The van der Waals surface area contributed by atoms with Crippen molar-refractivity contribution in [3.05, 3.63) is 0 Å². The third-order valence-electron chi connectivity index (χ3n) is 24.9. The van der Waals surface area contributed by atoms with E-state index in [1.807, 2.05) is 0 Å². The molecule has 0 unspecified atom stereocenters. The van der Waals surface area contributed by atoms with Crippen molar-refractivity contribution in [2.75, 3.05) is 66.1 Å². The van der Waals surface area contributed by atoms with E-state index in [1.54, 1.807) is 0 Å². The summed E-state index contributed by atoms with van der Waals surface area (Å²) in [6, 6.07) is -9.69. The smallest absolute Gasteiger partial charge is 0.217 e. The lowest BCUT2D eigenvalue weighted by Gasteiger charge is -2.52. The van der Waals surface area contributed by atoms with Gasteiger partial charge in [-0.25, -0.2) is 0 Å². The second-order valence-electron chi connectivity index (χ2n) is 34.5. The maximum Gasteiger partial charge on any atom is 0.217 e. The third-order valence-corrected chi connectivity index (χ3v) is 24.9. The fourth-order valence-corrected chi connectivity index (χ4v) is 17.7. The molecule has 11 fully saturated rings. The fraction of sp³-hybridized carbons (Fsp3) is 0.934. The number of aliphatic hydroxyl groups is 29. The van der Waals surface area contributed by atoms with Crippen molar-refractivity contribution in [2.45, 2.75) is 379 Å². The Labute approximate surface area is 770 Å². The van der Waals surface area contributed by atoms with Crippen LogP contribution in [0.25, 0.3) is 0 Å². The highest BCUT2D eigenvalue weighted by molar-refractivity contribution is 5.75. The first-order valence-electron chi connectivity index (χ1n) is 43.5. The standard InChI is InChI=1S/C76H127N5O55/c1-17-38(95)50(107)53(110)71(118-17)116-16-32-61(47(104)33(66(115)119-32)77-18(2)90)130-69-36(80-21(5)93)48(105)59(28(12-87)125-69)132-74-57(114)63(134-76-65(136-68-35(79-20(4)92)46(103)40(97)24(8-83)121-68)55(112)60(30(14-89)127-76)129-67-34(78-19(3)91)45(102)39(96)23(7-82)120-67)44(101)31(128-74)15-117-75-64(52(109)42(99)26(10-85)124-75)135-70-37(81-22(6)94)49(106)58(29(13-88)126-70)131-73-56(113)62(43(100)27(11-86)123-73)133-72-54(111)51(108)41(98)25(9-84)122-72/h17,23-76,82-89,95-115H,7-16H2,1-6H3,(H,77,90)(H,78,91)(H,79,92)(H,80,93)(H,81,94)/t17-,23+,24+,25+,26+,27+,28+,29+,30+,31+,32+,33+,34+,35+,36+,37+,38+,39+,40+,41-,42+,43-,44+,45+,46+,47+,48+,49+,50+,51-,52-,53-,54+,55-,56+,57-,58+,59+,60+,61+,62-,63-,64-,65-,66+,67-,68-,69-,70-,71+,72+,73-,74-,75-,76+/m0/s1. The van der Waals surface area contributed by atoms with Gasteiger partial charge < -0.3 is 274 Å². The minimum Gasteiger partial charge on any atom is -0.394 e. The molecule has 55 atom stereocenters. The second kappa shape index (κ2) is 48.8. The average molecular weight is 1990 g/mol. The molecule has 136 heavy (non-hydrogen) atoms. The van der Waals surface area contributed by atoms with Crippen molar-refractivity contribution in [1.82, 2.24) is 26.6 Å². The molecule has 34 N–H and O–H groups in total. The largest absolute Gasteiger partial charge is 0.394 e. The molecule has 11 heterocycles. The zero-order valence-electron chi connectivity index (χ0n) is 73.4. The molecule has 0 aliphatic carbocycles. The number of nitrogens with one attached hydrogen (secondary N) is 5. The van der Waals surface area contributed by atoms with Crippen LogP contribution in [0.4, 0.5) is 0 Å². The van der Waals surface area contributed by atoms with Crippen molar-refractivity contribution in [3.8, 4) is 0 Å². The molecule has 0 aromatic carbocycles. The van der Waals surface area contributed by atoms with Gasteiger partial charge in [-0.3, -0.25) is 24.0 Å². The van der Waals surface area contributed by atoms with Crippen molar-refractivity contribution in [2.24, 2.45) is 0 Å². The van der Waals surface area contributed by atoms with Crippen LogP contribution in [0.5, 0.6) is 0 Å². The summed E-state index contributed by atoms with van der Waals surface area (Å²) in [5, 5.41) is 339. The lowest BCUT2D eigenvalue weighted by atomic mass is 9.93. The number of aliphatic hydroxyl groups excluding tert-OH is 29. The molecule has 786 valence electrons. The minimum absolute atomic E-state index is 0.866. The van der Waals surface area contributed by atoms with Crippen LogP contribution in [0.2, 0.25) is 0 Å². The monoisotopic (exact) mass is 1990 g/mol. The molecule has 0 saturated carbocycles. The molecule has 0 bridgehead atoms. The maximum atomic E-state index is 13.4. The maximum absolute atomic E-state index is 13.4. The van der Waals surface area contributed by atoms with E-state index in [1.165, 1.54) is 6.92 Å².